The summed E-state index contributed by atoms with van der Waals surface area (Å²) in [4.78, 5) is 33.8. The fraction of sp³-hybridized carbons (Fsp3) is 0.280. The second kappa shape index (κ2) is 11.6. The molecule has 0 aliphatic heterocycles. The van der Waals surface area contributed by atoms with Crippen LogP contribution < -0.4 is 15.6 Å². The van der Waals surface area contributed by atoms with Gasteiger partial charge in [-0.2, -0.15) is 0 Å². The number of aryl methyl sites for hydroxylation is 1. The van der Waals surface area contributed by atoms with Crippen LogP contribution in [0.5, 0.6) is 5.75 Å². The molecule has 0 fully saturated rings. The third-order valence-corrected chi connectivity index (χ3v) is 6.57. The Morgan fingerprint density at radius 3 is 2.45 bits per heavy atom. The van der Waals surface area contributed by atoms with Gasteiger partial charge in [0, 0.05) is 36.7 Å². The number of aromatic nitrogens is 3. The zero-order valence-corrected chi connectivity index (χ0v) is 22.1. The lowest BCUT2D eigenvalue weighted by atomic mass is 10.00. The summed E-state index contributed by atoms with van der Waals surface area (Å²) in [5.41, 5.74) is -1.03. The third kappa shape index (κ3) is 6.29. The monoisotopic (exact) mass is 544 g/mol. The number of amidine groups is 1. The molecule has 3 rings (SSSR count). The minimum absolute atomic E-state index is 0.0184. The quantitative estimate of drug-likeness (QED) is 0.296. The molecule has 0 radical (unpaired) electrons. The van der Waals surface area contributed by atoms with Gasteiger partial charge in [0.1, 0.15) is 27.9 Å². The number of carbonyl (C=O) groups excluding carboxylic acids is 1. The molecule has 0 atom stereocenters. The predicted molar refractivity (Wildman–Crippen MR) is 141 cm³/mol. The van der Waals surface area contributed by atoms with Gasteiger partial charge in [-0.3, -0.25) is 30.0 Å². The average Bonchev–Trinajstić information content (AvgIpc) is 2.87. The van der Waals surface area contributed by atoms with E-state index in [1.807, 2.05) is 0 Å². The number of alkyl halides is 2. The fourth-order valence-corrected chi connectivity index (χ4v) is 3.89. The Balaban J connectivity index is 2.12. The van der Waals surface area contributed by atoms with E-state index in [4.69, 9.17) is 20.3 Å². The van der Waals surface area contributed by atoms with Crippen LogP contribution in [0.25, 0.3) is 16.9 Å². The summed E-state index contributed by atoms with van der Waals surface area (Å²) in [6.45, 7) is 5.04. The van der Waals surface area contributed by atoms with E-state index in [-0.39, 0.29) is 44.0 Å². The highest BCUT2D eigenvalue weighted by Crippen LogP contribution is 2.35. The molecule has 3 N–H and O–H groups in total. The first-order chi connectivity index (χ1) is 17.9. The Hall–Kier alpha value is -3.97. The van der Waals surface area contributed by atoms with Crippen molar-refractivity contribution in [3.8, 4) is 22.7 Å². The number of ether oxygens (including phenoxy) is 2. The molecule has 0 aliphatic rings. The van der Waals surface area contributed by atoms with Crippen LogP contribution in [-0.2, 0) is 4.74 Å². The molecule has 1 amide bonds. The minimum atomic E-state index is -2.89. The SMILES string of the molecule is COc1cnc(C(F)F)cc1-c1cc(-n2ccc(C)cc2=O)ncc1C(=O)NC(=N)SC(=N)C(C)(C)OC. The molecule has 0 spiro atoms. The Morgan fingerprint density at radius 2 is 1.84 bits per heavy atom. The van der Waals surface area contributed by atoms with Crippen molar-refractivity contribution in [2.45, 2.75) is 32.8 Å². The molecule has 0 saturated heterocycles. The zero-order chi connectivity index (χ0) is 28.2. The molecule has 10 nitrogen and oxygen atoms in total. The summed E-state index contributed by atoms with van der Waals surface area (Å²) in [5, 5.41) is 18.3. The van der Waals surface area contributed by atoms with E-state index in [1.165, 1.54) is 43.3 Å². The van der Waals surface area contributed by atoms with Gasteiger partial charge in [0.05, 0.1) is 18.9 Å². The number of hydrogen-bond acceptors (Lipinski definition) is 9. The molecule has 3 heterocycles. The number of amides is 1. The zero-order valence-electron chi connectivity index (χ0n) is 21.3. The van der Waals surface area contributed by atoms with Gasteiger partial charge in [0.15, 0.2) is 5.17 Å². The summed E-state index contributed by atoms with van der Waals surface area (Å²) in [6.07, 6.45) is 0.907. The highest BCUT2D eigenvalue weighted by Gasteiger charge is 2.26. The molecule has 200 valence electrons. The average molecular weight is 545 g/mol. The van der Waals surface area contributed by atoms with Gasteiger partial charge in [-0.25, -0.2) is 13.8 Å². The van der Waals surface area contributed by atoms with Crippen LogP contribution in [-0.4, -0.2) is 50.5 Å². The second-order valence-electron chi connectivity index (χ2n) is 8.54. The lowest BCUT2D eigenvalue weighted by molar-refractivity contribution is 0.0850. The first-order valence-corrected chi connectivity index (χ1v) is 11.9. The smallest absolute Gasteiger partial charge is 0.280 e. The van der Waals surface area contributed by atoms with E-state index < -0.39 is 23.6 Å². The van der Waals surface area contributed by atoms with E-state index in [2.05, 4.69) is 15.3 Å². The number of halogens is 2. The van der Waals surface area contributed by atoms with Gasteiger partial charge in [0.25, 0.3) is 17.9 Å². The number of methoxy groups -OCH3 is 2. The van der Waals surface area contributed by atoms with Crippen LogP contribution in [0.15, 0.2) is 47.7 Å². The number of nitrogens with one attached hydrogen (secondary N) is 3. The van der Waals surface area contributed by atoms with Crippen molar-refractivity contribution in [2.24, 2.45) is 0 Å². The summed E-state index contributed by atoms with van der Waals surface area (Å²) < 4.78 is 38.8. The molecular weight excluding hydrogens is 518 g/mol. The van der Waals surface area contributed by atoms with Gasteiger partial charge in [-0.1, -0.05) is 0 Å². The summed E-state index contributed by atoms with van der Waals surface area (Å²) in [6, 6.07) is 5.58. The maximum atomic E-state index is 13.5. The number of carbonyl (C=O) groups is 1. The van der Waals surface area contributed by atoms with Gasteiger partial charge >= 0.3 is 0 Å². The topological polar surface area (TPSA) is 143 Å². The first kappa shape index (κ1) is 28.6. The van der Waals surface area contributed by atoms with Crippen LogP contribution in [0.1, 0.15) is 41.9 Å². The summed E-state index contributed by atoms with van der Waals surface area (Å²) in [5.74, 6) is -0.551. The number of thioether (sulfide) groups is 1. The minimum Gasteiger partial charge on any atom is -0.494 e. The van der Waals surface area contributed by atoms with Gasteiger partial charge < -0.3 is 14.8 Å². The number of nitrogens with zero attached hydrogens (tertiary/aromatic N) is 3. The van der Waals surface area contributed by atoms with Crippen LogP contribution in [0.3, 0.4) is 0 Å². The summed E-state index contributed by atoms with van der Waals surface area (Å²) >= 11 is 0.683. The van der Waals surface area contributed by atoms with Gasteiger partial charge in [-0.05, 0) is 56.3 Å². The van der Waals surface area contributed by atoms with E-state index in [0.29, 0.717) is 11.8 Å². The predicted octanol–water partition coefficient (Wildman–Crippen LogP) is 4.35. The number of hydrogen-bond donors (Lipinski definition) is 3. The second-order valence-corrected chi connectivity index (χ2v) is 9.56. The molecule has 3 aromatic heterocycles. The van der Waals surface area contributed by atoms with Crippen molar-refractivity contribution >= 4 is 27.9 Å². The normalized spacial score (nSPS) is 11.4. The Morgan fingerprint density at radius 1 is 1.13 bits per heavy atom. The number of rotatable bonds is 7. The van der Waals surface area contributed by atoms with Crippen molar-refractivity contribution in [1.82, 2.24) is 19.9 Å². The molecule has 3 aromatic rings. The van der Waals surface area contributed by atoms with E-state index in [9.17, 15) is 18.4 Å². The highest BCUT2D eigenvalue weighted by molar-refractivity contribution is 8.26. The van der Waals surface area contributed by atoms with Crippen molar-refractivity contribution < 1.29 is 23.0 Å². The maximum Gasteiger partial charge on any atom is 0.280 e. The highest BCUT2D eigenvalue weighted by atomic mass is 32.2. The first-order valence-electron chi connectivity index (χ1n) is 11.1. The Bertz CT molecular complexity index is 1460. The molecule has 0 unspecified atom stereocenters. The molecule has 13 heteroatoms. The van der Waals surface area contributed by atoms with Crippen LogP contribution in [0.4, 0.5) is 8.78 Å². The lowest BCUT2D eigenvalue weighted by Crippen LogP contribution is -2.35. The summed E-state index contributed by atoms with van der Waals surface area (Å²) in [7, 11) is 2.75. The molecule has 38 heavy (non-hydrogen) atoms. The largest absolute Gasteiger partial charge is 0.494 e. The molecule has 0 aliphatic carbocycles. The number of pyridine rings is 3. The van der Waals surface area contributed by atoms with Crippen molar-refractivity contribution in [1.29, 1.82) is 10.8 Å². The maximum absolute atomic E-state index is 13.5. The molecule has 0 bridgehead atoms. The van der Waals surface area contributed by atoms with Crippen molar-refractivity contribution in [3.05, 3.63) is 70.0 Å². The van der Waals surface area contributed by atoms with Crippen LogP contribution in [0.2, 0.25) is 0 Å². The Kier molecular flexibility index (Phi) is 8.74. The van der Waals surface area contributed by atoms with Gasteiger partial charge in [-0.15, -0.1) is 0 Å². The Labute approximate surface area is 221 Å². The lowest BCUT2D eigenvalue weighted by Gasteiger charge is -2.23. The van der Waals surface area contributed by atoms with E-state index in [1.54, 1.807) is 26.8 Å². The molecule has 0 saturated carbocycles. The van der Waals surface area contributed by atoms with E-state index >= 15 is 0 Å². The third-order valence-electron chi connectivity index (χ3n) is 5.57. The fourth-order valence-electron chi connectivity index (χ4n) is 3.21. The van der Waals surface area contributed by atoms with Crippen LogP contribution >= 0.6 is 11.8 Å². The van der Waals surface area contributed by atoms with Crippen molar-refractivity contribution in [3.63, 3.8) is 0 Å². The van der Waals surface area contributed by atoms with Gasteiger partial charge in [0.2, 0.25) is 0 Å². The van der Waals surface area contributed by atoms with E-state index in [0.717, 1.165) is 17.8 Å². The standard InChI is InChI=1S/C25H26F2N6O4S/c1-13-6-7-33(20(34)8-13)19-10-14(15-9-17(21(26)27)30-12-18(15)36-4)16(11-31-19)22(35)32-24(29)38-23(28)25(2,3)37-5/h6-12,21,28H,1-5H3,(H2,29,32,35). The molecular formula is C25H26F2N6O4S. The van der Waals surface area contributed by atoms with Crippen molar-refractivity contribution in [2.75, 3.05) is 14.2 Å². The molecule has 0 aromatic carbocycles. The van der Waals surface area contributed by atoms with Crippen LogP contribution in [0, 0.1) is 17.7 Å².